The second-order valence-electron chi connectivity index (χ2n) is 5.06. The maximum atomic E-state index is 12.3. The molecule has 19 heavy (non-hydrogen) atoms. The molecule has 1 heterocycles. The number of rotatable bonds is 4. The smallest absolute Gasteiger partial charge is 0.236 e. The van der Waals surface area contributed by atoms with Crippen LogP contribution in [0.2, 0.25) is 0 Å². The van der Waals surface area contributed by atoms with Gasteiger partial charge >= 0.3 is 0 Å². The third-order valence-electron chi connectivity index (χ3n) is 3.31. The molecule has 0 spiro atoms. The summed E-state index contributed by atoms with van der Waals surface area (Å²) in [6.07, 6.45) is 1.62. The molecule has 1 aliphatic heterocycles. The summed E-state index contributed by atoms with van der Waals surface area (Å²) in [6, 6.07) is 7.42. The molecule has 5 nitrogen and oxygen atoms in total. The zero-order valence-corrected chi connectivity index (χ0v) is 12.2. The number of hydrogen-bond donors (Lipinski definition) is 2. The van der Waals surface area contributed by atoms with Gasteiger partial charge in [-0.05, 0) is 37.6 Å². The highest BCUT2D eigenvalue weighted by Gasteiger charge is 2.27. The van der Waals surface area contributed by atoms with E-state index in [9.17, 15) is 8.42 Å². The first kappa shape index (κ1) is 14.1. The molecule has 0 aromatic heterocycles. The Bertz CT molecular complexity index is 522. The fourth-order valence-electron chi connectivity index (χ4n) is 2.18. The highest BCUT2D eigenvalue weighted by Crippen LogP contribution is 2.21. The predicted octanol–water partition coefficient (Wildman–Crippen LogP) is 1.25. The Balaban J connectivity index is 2.13. The number of nitrogens with zero attached hydrogens (tertiary/aromatic N) is 1. The number of anilines is 2. The van der Waals surface area contributed by atoms with Crippen molar-refractivity contribution >= 4 is 21.4 Å². The maximum Gasteiger partial charge on any atom is 0.236 e. The normalized spacial score (nSPS) is 20.0. The van der Waals surface area contributed by atoms with Crippen molar-refractivity contribution in [2.45, 2.75) is 18.1 Å². The van der Waals surface area contributed by atoms with E-state index in [0.717, 1.165) is 25.1 Å². The van der Waals surface area contributed by atoms with E-state index in [1.807, 2.05) is 37.2 Å². The summed E-state index contributed by atoms with van der Waals surface area (Å²) in [5, 5.41) is 2.79. The van der Waals surface area contributed by atoms with E-state index < -0.39 is 10.0 Å². The van der Waals surface area contributed by atoms with Gasteiger partial charge in [-0.25, -0.2) is 8.42 Å². The molecular formula is C13H21N3O2S. The molecule has 1 saturated heterocycles. The van der Waals surface area contributed by atoms with E-state index >= 15 is 0 Å². The lowest BCUT2D eigenvalue weighted by Gasteiger charge is -2.23. The van der Waals surface area contributed by atoms with Gasteiger partial charge < -0.3 is 10.2 Å². The van der Waals surface area contributed by atoms with E-state index in [2.05, 4.69) is 10.0 Å². The minimum Gasteiger partial charge on any atom is -0.378 e. The van der Waals surface area contributed by atoms with Gasteiger partial charge in [-0.3, -0.25) is 4.72 Å². The van der Waals surface area contributed by atoms with Gasteiger partial charge in [0, 0.05) is 26.3 Å². The average molecular weight is 283 g/mol. The van der Waals surface area contributed by atoms with Crippen LogP contribution in [0.25, 0.3) is 0 Å². The summed E-state index contributed by atoms with van der Waals surface area (Å²) in [5.74, 6) is 0. The Labute approximate surface area is 115 Å². The van der Waals surface area contributed by atoms with Gasteiger partial charge in [0.15, 0.2) is 0 Å². The molecule has 1 aliphatic rings. The molecule has 2 N–H and O–H groups in total. The summed E-state index contributed by atoms with van der Waals surface area (Å²) in [7, 11) is 0.549. The van der Waals surface area contributed by atoms with Crippen molar-refractivity contribution in [3.63, 3.8) is 0 Å². The van der Waals surface area contributed by atoms with Crippen molar-refractivity contribution in [3.8, 4) is 0 Å². The van der Waals surface area contributed by atoms with Crippen molar-refractivity contribution in [3.05, 3.63) is 24.3 Å². The van der Waals surface area contributed by atoms with Crippen LogP contribution in [0.5, 0.6) is 0 Å². The SMILES string of the molecule is CN(C)c1cccc(NS(=O)(=O)C2CCCNC2)c1. The molecule has 1 aromatic rings. The number of piperidine rings is 1. The molecule has 106 valence electrons. The van der Waals surface area contributed by atoms with Gasteiger partial charge in [-0.2, -0.15) is 0 Å². The van der Waals surface area contributed by atoms with Crippen molar-refractivity contribution in [2.75, 3.05) is 36.8 Å². The topological polar surface area (TPSA) is 61.4 Å². The minimum atomic E-state index is -3.31. The van der Waals surface area contributed by atoms with Crippen molar-refractivity contribution in [2.24, 2.45) is 0 Å². The number of hydrogen-bond acceptors (Lipinski definition) is 4. The number of benzene rings is 1. The van der Waals surface area contributed by atoms with Crippen LogP contribution in [0.4, 0.5) is 11.4 Å². The summed E-state index contributed by atoms with van der Waals surface area (Å²) >= 11 is 0. The molecule has 1 fully saturated rings. The average Bonchev–Trinajstić information content (AvgIpc) is 2.39. The van der Waals surface area contributed by atoms with Crippen molar-refractivity contribution < 1.29 is 8.42 Å². The first-order valence-corrected chi connectivity index (χ1v) is 8.03. The summed E-state index contributed by atoms with van der Waals surface area (Å²) < 4.78 is 27.2. The van der Waals surface area contributed by atoms with E-state index in [4.69, 9.17) is 0 Å². The van der Waals surface area contributed by atoms with E-state index in [-0.39, 0.29) is 5.25 Å². The van der Waals surface area contributed by atoms with Gasteiger partial charge in [0.2, 0.25) is 10.0 Å². The number of sulfonamides is 1. The van der Waals surface area contributed by atoms with Crippen LogP contribution in [0, 0.1) is 0 Å². The molecule has 0 amide bonds. The lowest BCUT2D eigenvalue weighted by Crippen LogP contribution is -2.41. The zero-order valence-electron chi connectivity index (χ0n) is 11.4. The molecular weight excluding hydrogens is 262 g/mol. The molecule has 0 saturated carbocycles. The quantitative estimate of drug-likeness (QED) is 0.873. The van der Waals surface area contributed by atoms with E-state index in [0.29, 0.717) is 12.2 Å². The van der Waals surface area contributed by atoms with Gasteiger partial charge in [0.05, 0.1) is 10.9 Å². The molecule has 1 unspecified atom stereocenters. The van der Waals surface area contributed by atoms with Crippen LogP contribution >= 0.6 is 0 Å². The molecule has 1 atom stereocenters. The Hall–Kier alpha value is -1.27. The molecule has 1 aromatic carbocycles. The second kappa shape index (κ2) is 5.79. The fourth-order valence-corrected chi connectivity index (χ4v) is 3.62. The van der Waals surface area contributed by atoms with Crippen LogP contribution in [0.15, 0.2) is 24.3 Å². The first-order valence-electron chi connectivity index (χ1n) is 6.49. The largest absolute Gasteiger partial charge is 0.378 e. The zero-order chi connectivity index (χ0) is 13.9. The Morgan fingerprint density at radius 1 is 1.37 bits per heavy atom. The van der Waals surface area contributed by atoms with Crippen LogP contribution in [-0.2, 0) is 10.0 Å². The van der Waals surface area contributed by atoms with E-state index in [1.54, 1.807) is 6.07 Å². The standard InChI is InChI=1S/C13H21N3O2S/c1-16(2)12-6-3-5-11(9-12)15-19(17,18)13-7-4-8-14-10-13/h3,5-6,9,13-15H,4,7-8,10H2,1-2H3. The molecule has 2 rings (SSSR count). The summed E-state index contributed by atoms with van der Waals surface area (Å²) in [4.78, 5) is 1.94. The third-order valence-corrected chi connectivity index (χ3v) is 5.11. The maximum absolute atomic E-state index is 12.3. The monoisotopic (exact) mass is 283 g/mol. The van der Waals surface area contributed by atoms with Gasteiger partial charge in [-0.1, -0.05) is 6.07 Å². The highest BCUT2D eigenvalue weighted by atomic mass is 32.2. The predicted molar refractivity (Wildman–Crippen MR) is 79.2 cm³/mol. The lowest BCUT2D eigenvalue weighted by atomic mass is 10.2. The van der Waals surface area contributed by atoms with E-state index in [1.165, 1.54) is 0 Å². The van der Waals surface area contributed by atoms with Gasteiger partial charge in [0.1, 0.15) is 0 Å². The second-order valence-corrected chi connectivity index (χ2v) is 7.02. The summed E-state index contributed by atoms with van der Waals surface area (Å²) in [6.45, 7) is 1.44. The van der Waals surface area contributed by atoms with Crippen molar-refractivity contribution in [1.29, 1.82) is 0 Å². The van der Waals surface area contributed by atoms with Crippen LogP contribution < -0.4 is 14.9 Å². The summed E-state index contributed by atoms with van der Waals surface area (Å²) in [5.41, 5.74) is 1.60. The molecule has 6 heteroatoms. The van der Waals surface area contributed by atoms with Crippen LogP contribution in [0.1, 0.15) is 12.8 Å². The Morgan fingerprint density at radius 3 is 2.79 bits per heavy atom. The highest BCUT2D eigenvalue weighted by molar-refractivity contribution is 7.93. The molecule has 0 aliphatic carbocycles. The van der Waals surface area contributed by atoms with Gasteiger partial charge in [0.25, 0.3) is 0 Å². The fraction of sp³-hybridized carbons (Fsp3) is 0.538. The van der Waals surface area contributed by atoms with Crippen LogP contribution in [-0.4, -0.2) is 40.9 Å². The Kier molecular flexibility index (Phi) is 4.31. The lowest BCUT2D eigenvalue weighted by molar-refractivity contribution is 0.499. The van der Waals surface area contributed by atoms with Gasteiger partial charge in [-0.15, -0.1) is 0 Å². The molecule has 0 bridgehead atoms. The Morgan fingerprint density at radius 2 is 2.16 bits per heavy atom. The van der Waals surface area contributed by atoms with Crippen LogP contribution in [0.3, 0.4) is 0 Å². The molecule has 0 radical (unpaired) electrons. The minimum absolute atomic E-state index is 0.343. The first-order chi connectivity index (χ1) is 8.99. The van der Waals surface area contributed by atoms with Crippen molar-refractivity contribution in [1.82, 2.24) is 5.32 Å². The third kappa shape index (κ3) is 3.61. The number of nitrogens with one attached hydrogen (secondary N) is 2.